The van der Waals surface area contributed by atoms with Crippen LogP contribution in [0.1, 0.15) is 52.5 Å². The van der Waals surface area contributed by atoms with Gasteiger partial charge < -0.3 is 9.64 Å². The minimum absolute atomic E-state index is 0.172. The summed E-state index contributed by atoms with van der Waals surface area (Å²) in [5.74, 6) is -0.172. The smallest absolute Gasteiger partial charge is 0.410 e. The number of amides is 1. The highest BCUT2D eigenvalue weighted by atomic mass is 32.2. The lowest BCUT2D eigenvalue weighted by atomic mass is 9.86. The van der Waals surface area contributed by atoms with Crippen LogP contribution in [0.5, 0.6) is 0 Å². The lowest BCUT2D eigenvalue weighted by molar-refractivity contribution is 0.0182. The van der Waals surface area contributed by atoms with E-state index >= 15 is 0 Å². The number of likely N-dealkylation sites (tertiary alicyclic amines) is 1. The molecule has 0 aliphatic carbocycles. The van der Waals surface area contributed by atoms with Crippen LogP contribution in [0, 0.1) is 0 Å². The molecule has 2 aromatic rings. The van der Waals surface area contributed by atoms with Crippen LogP contribution in [0.4, 0.5) is 4.79 Å². The summed E-state index contributed by atoms with van der Waals surface area (Å²) in [6.45, 7) is 9.70. The van der Waals surface area contributed by atoms with Crippen LogP contribution in [0.15, 0.2) is 54.6 Å². The van der Waals surface area contributed by atoms with Gasteiger partial charge in [0.25, 0.3) is 0 Å². The molecule has 1 amide bonds. The number of rotatable bonds is 5. The molecule has 1 N–H and O–H groups in total. The molecule has 0 spiro atoms. The van der Waals surface area contributed by atoms with Crippen molar-refractivity contribution in [3.63, 3.8) is 0 Å². The summed E-state index contributed by atoms with van der Waals surface area (Å²) in [5.41, 5.74) is 2.62. The molecule has 3 rings (SSSR count). The number of carbonyl (C=O) groups is 1. The minimum atomic E-state index is -3.44. The number of sulfonamides is 1. The van der Waals surface area contributed by atoms with E-state index in [1.807, 2.05) is 63.2 Å². The van der Waals surface area contributed by atoms with Gasteiger partial charge in [-0.05, 0) is 57.7 Å². The van der Waals surface area contributed by atoms with Crippen molar-refractivity contribution in [2.45, 2.75) is 63.9 Å². The van der Waals surface area contributed by atoms with Gasteiger partial charge in [0.15, 0.2) is 0 Å². The van der Waals surface area contributed by atoms with E-state index < -0.39 is 20.9 Å². The summed E-state index contributed by atoms with van der Waals surface area (Å²) < 4.78 is 33.7. The number of ether oxygens (including phenoxy) is 1. The number of nitrogens with one attached hydrogen (secondary N) is 1. The van der Waals surface area contributed by atoms with Gasteiger partial charge in [-0.1, -0.05) is 54.6 Å². The fourth-order valence-electron chi connectivity index (χ4n) is 3.82. The Morgan fingerprint density at radius 1 is 1.03 bits per heavy atom. The van der Waals surface area contributed by atoms with Gasteiger partial charge in [0.05, 0.1) is 5.25 Å². The molecule has 7 heteroatoms. The maximum absolute atomic E-state index is 12.7. The zero-order valence-corrected chi connectivity index (χ0v) is 20.4. The molecule has 2 atom stereocenters. The first-order valence-electron chi connectivity index (χ1n) is 11.1. The van der Waals surface area contributed by atoms with E-state index in [0.717, 1.165) is 16.7 Å². The Balaban J connectivity index is 1.87. The van der Waals surface area contributed by atoms with Gasteiger partial charge in [-0.3, -0.25) is 0 Å². The second kappa shape index (κ2) is 9.63. The van der Waals surface area contributed by atoms with Crippen LogP contribution in [-0.4, -0.2) is 49.4 Å². The molecule has 0 saturated carbocycles. The molecule has 1 heterocycles. The zero-order chi connectivity index (χ0) is 23.5. The van der Waals surface area contributed by atoms with Crippen molar-refractivity contribution in [3.05, 3.63) is 60.2 Å². The van der Waals surface area contributed by atoms with Gasteiger partial charge in [0, 0.05) is 25.0 Å². The molecule has 1 aliphatic rings. The van der Waals surface area contributed by atoms with Crippen LogP contribution in [0.2, 0.25) is 0 Å². The lowest BCUT2D eigenvalue weighted by Gasteiger charge is -2.39. The second-order valence-corrected chi connectivity index (χ2v) is 11.9. The molecule has 0 radical (unpaired) electrons. The third kappa shape index (κ3) is 6.11. The largest absolute Gasteiger partial charge is 0.444 e. The van der Waals surface area contributed by atoms with Crippen molar-refractivity contribution in [1.82, 2.24) is 9.62 Å². The molecule has 174 valence electrons. The summed E-state index contributed by atoms with van der Waals surface area (Å²) in [7, 11) is -3.44. The van der Waals surface area contributed by atoms with E-state index in [9.17, 15) is 13.2 Å². The first-order valence-corrected chi connectivity index (χ1v) is 12.7. The summed E-state index contributed by atoms with van der Waals surface area (Å²) in [6.07, 6.45) is 0.157. The van der Waals surface area contributed by atoms with E-state index in [1.165, 1.54) is 0 Å². The number of piperidine rings is 1. The zero-order valence-electron chi connectivity index (χ0n) is 19.5. The molecule has 32 heavy (non-hydrogen) atoms. The van der Waals surface area contributed by atoms with Crippen LogP contribution < -0.4 is 4.72 Å². The Morgan fingerprint density at radius 3 is 2.19 bits per heavy atom. The topological polar surface area (TPSA) is 75.7 Å². The van der Waals surface area contributed by atoms with Crippen molar-refractivity contribution in [1.29, 1.82) is 0 Å². The molecule has 0 aromatic heterocycles. The van der Waals surface area contributed by atoms with Crippen LogP contribution in [0.3, 0.4) is 0 Å². The van der Waals surface area contributed by atoms with E-state index in [4.69, 9.17) is 4.74 Å². The van der Waals surface area contributed by atoms with Gasteiger partial charge in [-0.25, -0.2) is 17.9 Å². The highest BCUT2D eigenvalue weighted by molar-refractivity contribution is 7.90. The maximum Gasteiger partial charge on any atom is 0.410 e. The number of benzene rings is 2. The van der Waals surface area contributed by atoms with Gasteiger partial charge in [0.1, 0.15) is 5.60 Å². The average Bonchev–Trinajstić information content (AvgIpc) is 2.73. The van der Waals surface area contributed by atoms with Gasteiger partial charge in [-0.2, -0.15) is 0 Å². The highest BCUT2D eigenvalue weighted by Crippen LogP contribution is 2.31. The first-order chi connectivity index (χ1) is 15.0. The van der Waals surface area contributed by atoms with Crippen molar-refractivity contribution in [2.24, 2.45) is 0 Å². The van der Waals surface area contributed by atoms with Crippen molar-refractivity contribution >= 4 is 16.1 Å². The van der Waals surface area contributed by atoms with Crippen LogP contribution in [-0.2, 0) is 14.8 Å². The standard InChI is InChI=1S/C25H34N2O4S/c1-18(2)32(29,30)26-23-15-16-27(24(28)31-25(3,4)5)17-22(23)21-13-11-20(12-14-21)19-9-7-6-8-10-19/h6-14,18,22-23,26H,15-17H2,1-5H3/t22-,23+/m0/s1. The Morgan fingerprint density at radius 2 is 1.62 bits per heavy atom. The number of hydrogen-bond donors (Lipinski definition) is 1. The Labute approximate surface area is 192 Å². The molecule has 1 aliphatic heterocycles. The van der Waals surface area contributed by atoms with E-state index in [0.29, 0.717) is 19.5 Å². The fourth-order valence-corrected chi connectivity index (χ4v) is 4.80. The quantitative estimate of drug-likeness (QED) is 0.700. The average molecular weight is 459 g/mol. The minimum Gasteiger partial charge on any atom is -0.444 e. The van der Waals surface area contributed by atoms with Crippen molar-refractivity contribution in [2.75, 3.05) is 13.1 Å². The molecular weight excluding hydrogens is 424 g/mol. The van der Waals surface area contributed by atoms with E-state index in [2.05, 4.69) is 16.9 Å². The number of carbonyl (C=O) groups excluding carboxylic acids is 1. The Bertz CT molecular complexity index is 1010. The molecule has 2 aromatic carbocycles. The summed E-state index contributed by atoms with van der Waals surface area (Å²) in [4.78, 5) is 14.4. The van der Waals surface area contributed by atoms with Gasteiger partial charge in [0.2, 0.25) is 10.0 Å². The third-order valence-corrected chi connectivity index (χ3v) is 7.52. The predicted octanol–water partition coefficient (Wildman–Crippen LogP) is 4.77. The Hall–Kier alpha value is -2.38. The van der Waals surface area contributed by atoms with Gasteiger partial charge in [-0.15, -0.1) is 0 Å². The molecule has 0 bridgehead atoms. The van der Waals surface area contributed by atoms with Crippen molar-refractivity contribution < 1.29 is 17.9 Å². The number of hydrogen-bond acceptors (Lipinski definition) is 4. The first kappa shape index (κ1) is 24.3. The molecule has 6 nitrogen and oxygen atoms in total. The second-order valence-electron chi connectivity index (χ2n) is 9.63. The van der Waals surface area contributed by atoms with Crippen LogP contribution in [0.25, 0.3) is 11.1 Å². The molecule has 1 saturated heterocycles. The molecular formula is C25H34N2O4S. The Kier molecular flexibility index (Phi) is 7.30. The van der Waals surface area contributed by atoms with Crippen LogP contribution >= 0.6 is 0 Å². The molecule has 0 unspecified atom stereocenters. The summed E-state index contributed by atoms with van der Waals surface area (Å²) in [5, 5.41) is -0.521. The fraction of sp³-hybridized carbons (Fsp3) is 0.480. The third-order valence-electron chi connectivity index (χ3n) is 5.65. The van der Waals surface area contributed by atoms with Gasteiger partial charge >= 0.3 is 6.09 Å². The maximum atomic E-state index is 12.7. The normalized spacial score (nSPS) is 19.8. The molecule has 1 fully saturated rings. The monoisotopic (exact) mass is 458 g/mol. The highest BCUT2D eigenvalue weighted by Gasteiger charge is 2.36. The predicted molar refractivity (Wildman–Crippen MR) is 128 cm³/mol. The van der Waals surface area contributed by atoms with E-state index in [-0.39, 0.29) is 18.1 Å². The van der Waals surface area contributed by atoms with E-state index in [1.54, 1.807) is 18.7 Å². The number of nitrogens with zero attached hydrogens (tertiary/aromatic N) is 1. The van der Waals surface area contributed by atoms with Crippen molar-refractivity contribution in [3.8, 4) is 11.1 Å². The summed E-state index contributed by atoms with van der Waals surface area (Å²) >= 11 is 0. The lowest BCUT2D eigenvalue weighted by Crippen LogP contribution is -2.53. The summed E-state index contributed by atoms with van der Waals surface area (Å²) in [6, 6.07) is 18.0. The SMILES string of the molecule is CC(C)S(=O)(=O)N[C@@H]1CCN(C(=O)OC(C)(C)C)C[C@H]1c1ccc(-c2ccccc2)cc1.